The molecule has 1 aliphatic rings. The zero-order chi connectivity index (χ0) is 17.1. The summed E-state index contributed by atoms with van der Waals surface area (Å²) in [5.74, 6) is -1.34. The summed E-state index contributed by atoms with van der Waals surface area (Å²) in [4.78, 5) is 24.6. The highest BCUT2D eigenvalue weighted by atomic mass is 32.1. The van der Waals surface area contributed by atoms with Crippen LogP contribution in [0.1, 0.15) is 22.6 Å². The van der Waals surface area contributed by atoms with E-state index in [4.69, 9.17) is 5.11 Å². The Morgan fingerprint density at radius 1 is 1.33 bits per heavy atom. The molecular weight excluding hydrogens is 328 g/mol. The van der Waals surface area contributed by atoms with E-state index in [9.17, 15) is 9.59 Å². The van der Waals surface area contributed by atoms with Gasteiger partial charge in [0.15, 0.2) is 0 Å². The fraction of sp³-hybridized carbons (Fsp3) is 0.375. The molecule has 1 aromatic carbocycles. The summed E-state index contributed by atoms with van der Waals surface area (Å²) in [6, 6.07) is 7.87. The predicted octanol–water partition coefficient (Wildman–Crippen LogP) is 2.38. The molecule has 2 amide bonds. The van der Waals surface area contributed by atoms with Gasteiger partial charge in [0.25, 0.3) is 0 Å². The van der Waals surface area contributed by atoms with E-state index < -0.39 is 11.9 Å². The molecular formula is C16H18N4O3S. The molecule has 1 saturated heterocycles. The van der Waals surface area contributed by atoms with Gasteiger partial charge in [0.1, 0.15) is 5.01 Å². The third-order valence-corrected chi connectivity index (χ3v) is 4.82. The SMILES string of the molecule is Cc1ccc(Cc2nnc(NC(=O)N3CC[C@@H](C(=O)O)C3)s2)cc1. The van der Waals surface area contributed by atoms with Crippen molar-refractivity contribution in [3.63, 3.8) is 0 Å². The van der Waals surface area contributed by atoms with Gasteiger partial charge in [-0.05, 0) is 18.9 Å². The number of carboxylic acids is 1. The third-order valence-electron chi connectivity index (χ3n) is 3.98. The van der Waals surface area contributed by atoms with Gasteiger partial charge < -0.3 is 10.0 Å². The molecule has 1 atom stereocenters. The molecule has 1 fully saturated rings. The standard InChI is InChI=1S/C16H18N4O3S/c1-10-2-4-11(5-3-10)8-13-18-19-15(24-13)17-16(23)20-7-6-12(9-20)14(21)22/h2-5,12H,6-9H2,1H3,(H,21,22)(H,17,19,23)/t12-/m1/s1. The van der Waals surface area contributed by atoms with Crippen molar-refractivity contribution in [3.05, 3.63) is 40.4 Å². The summed E-state index contributed by atoms with van der Waals surface area (Å²) in [5, 5.41) is 21.0. The normalized spacial score (nSPS) is 17.0. The van der Waals surface area contributed by atoms with Crippen LogP contribution in [0, 0.1) is 12.8 Å². The molecule has 1 aromatic heterocycles. The highest BCUT2D eigenvalue weighted by Gasteiger charge is 2.31. The molecule has 2 N–H and O–H groups in total. The minimum absolute atomic E-state index is 0.232. The van der Waals surface area contributed by atoms with Crippen LogP contribution in [0.4, 0.5) is 9.93 Å². The van der Waals surface area contributed by atoms with E-state index in [1.54, 1.807) is 0 Å². The maximum Gasteiger partial charge on any atom is 0.323 e. The Hall–Kier alpha value is -2.48. The Labute approximate surface area is 143 Å². The topological polar surface area (TPSA) is 95.4 Å². The molecule has 0 saturated carbocycles. The van der Waals surface area contributed by atoms with Crippen LogP contribution in [0.3, 0.4) is 0 Å². The van der Waals surface area contributed by atoms with Gasteiger partial charge in [-0.15, -0.1) is 10.2 Å². The summed E-state index contributed by atoms with van der Waals surface area (Å²) in [7, 11) is 0. The van der Waals surface area contributed by atoms with E-state index in [1.807, 2.05) is 31.2 Å². The quantitative estimate of drug-likeness (QED) is 0.886. The number of hydrogen-bond acceptors (Lipinski definition) is 5. The first kappa shape index (κ1) is 16.4. The number of aliphatic carboxylic acids is 1. The summed E-state index contributed by atoms with van der Waals surface area (Å²) < 4.78 is 0. The van der Waals surface area contributed by atoms with E-state index in [1.165, 1.54) is 21.8 Å². The number of benzene rings is 1. The number of carbonyl (C=O) groups is 2. The number of rotatable bonds is 4. The maximum atomic E-state index is 12.1. The lowest BCUT2D eigenvalue weighted by Gasteiger charge is -2.14. The Bertz CT molecular complexity index is 744. The van der Waals surface area contributed by atoms with Crippen molar-refractivity contribution in [1.82, 2.24) is 15.1 Å². The van der Waals surface area contributed by atoms with Crippen molar-refractivity contribution >= 4 is 28.5 Å². The molecule has 2 heterocycles. The van der Waals surface area contributed by atoms with Gasteiger partial charge in [0.2, 0.25) is 5.13 Å². The lowest BCUT2D eigenvalue weighted by atomic mass is 10.1. The van der Waals surface area contributed by atoms with Crippen molar-refractivity contribution in [3.8, 4) is 0 Å². The van der Waals surface area contributed by atoms with Crippen LogP contribution in [0.2, 0.25) is 0 Å². The number of hydrogen-bond donors (Lipinski definition) is 2. The van der Waals surface area contributed by atoms with Crippen molar-refractivity contribution in [2.45, 2.75) is 19.8 Å². The van der Waals surface area contributed by atoms with Gasteiger partial charge >= 0.3 is 12.0 Å². The molecule has 0 unspecified atom stereocenters. The molecule has 126 valence electrons. The van der Waals surface area contributed by atoms with Gasteiger partial charge in [0.05, 0.1) is 5.92 Å². The Morgan fingerprint density at radius 3 is 2.75 bits per heavy atom. The molecule has 8 heteroatoms. The second-order valence-corrected chi connectivity index (χ2v) is 6.93. The van der Waals surface area contributed by atoms with E-state index in [0.29, 0.717) is 24.5 Å². The fourth-order valence-corrected chi connectivity index (χ4v) is 3.34. The number of aromatic nitrogens is 2. The minimum Gasteiger partial charge on any atom is -0.481 e. The molecule has 0 aliphatic carbocycles. The lowest BCUT2D eigenvalue weighted by Crippen LogP contribution is -2.33. The highest BCUT2D eigenvalue weighted by molar-refractivity contribution is 7.15. The number of aryl methyl sites for hydroxylation is 1. The van der Waals surface area contributed by atoms with Gasteiger partial charge in [-0.2, -0.15) is 0 Å². The monoisotopic (exact) mass is 346 g/mol. The number of anilines is 1. The predicted molar refractivity (Wildman–Crippen MR) is 90.2 cm³/mol. The van der Waals surface area contributed by atoms with Gasteiger partial charge in [-0.25, -0.2) is 4.79 Å². The molecule has 2 aromatic rings. The molecule has 7 nitrogen and oxygen atoms in total. The van der Waals surface area contributed by atoms with Crippen molar-refractivity contribution < 1.29 is 14.7 Å². The largest absolute Gasteiger partial charge is 0.481 e. The molecule has 0 bridgehead atoms. The Balaban J connectivity index is 1.57. The van der Waals surface area contributed by atoms with E-state index in [-0.39, 0.29) is 12.6 Å². The highest BCUT2D eigenvalue weighted by Crippen LogP contribution is 2.21. The molecule has 1 aliphatic heterocycles. The van der Waals surface area contributed by atoms with Crippen LogP contribution < -0.4 is 5.32 Å². The molecule has 0 spiro atoms. The lowest BCUT2D eigenvalue weighted by molar-refractivity contribution is -0.141. The number of nitrogens with zero attached hydrogens (tertiary/aromatic N) is 3. The number of carbonyl (C=O) groups excluding carboxylic acids is 1. The van der Waals surface area contributed by atoms with E-state index in [0.717, 1.165) is 10.6 Å². The Morgan fingerprint density at radius 2 is 2.08 bits per heavy atom. The van der Waals surface area contributed by atoms with Crippen molar-refractivity contribution in [2.75, 3.05) is 18.4 Å². The number of carboxylic acid groups (broad SMARTS) is 1. The van der Waals surface area contributed by atoms with Crippen LogP contribution in [0.5, 0.6) is 0 Å². The van der Waals surface area contributed by atoms with Gasteiger partial charge in [0, 0.05) is 19.5 Å². The second-order valence-electron chi connectivity index (χ2n) is 5.86. The number of amides is 2. The number of urea groups is 1. The Kier molecular flexibility index (Phi) is 4.75. The third kappa shape index (κ3) is 3.88. The molecule has 0 radical (unpaired) electrons. The zero-order valence-corrected chi connectivity index (χ0v) is 14.0. The first-order valence-corrected chi connectivity index (χ1v) is 8.49. The summed E-state index contributed by atoms with van der Waals surface area (Å²) in [5.41, 5.74) is 2.34. The smallest absolute Gasteiger partial charge is 0.323 e. The first-order chi connectivity index (χ1) is 11.5. The van der Waals surface area contributed by atoms with Crippen LogP contribution in [-0.4, -0.2) is 45.3 Å². The van der Waals surface area contributed by atoms with Gasteiger partial charge in [-0.1, -0.05) is 41.2 Å². The molecule has 24 heavy (non-hydrogen) atoms. The number of likely N-dealkylation sites (tertiary alicyclic amines) is 1. The minimum atomic E-state index is -0.860. The second kappa shape index (κ2) is 6.96. The summed E-state index contributed by atoms with van der Waals surface area (Å²) in [6.07, 6.45) is 1.15. The first-order valence-electron chi connectivity index (χ1n) is 7.68. The van der Waals surface area contributed by atoms with Crippen molar-refractivity contribution in [2.24, 2.45) is 5.92 Å². The van der Waals surface area contributed by atoms with Crippen LogP contribution in [0.15, 0.2) is 24.3 Å². The average Bonchev–Trinajstić information content (AvgIpc) is 3.19. The van der Waals surface area contributed by atoms with E-state index >= 15 is 0 Å². The fourth-order valence-electron chi connectivity index (χ4n) is 2.57. The van der Waals surface area contributed by atoms with Crippen LogP contribution in [0.25, 0.3) is 0 Å². The number of nitrogens with one attached hydrogen (secondary N) is 1. The van der Waals surface area contributed by atoms with Crippen molar-refractivity contribution in [1.29, 1.82) is 0 Å². The van der Waals surface area contributed by atoms with Gasteiger partial charge in [-0.3, -0.25) is 10.1 Å². The molecule has 3 rings (SSSR count). The van der Waals surface area contributed by atoms with Crippen LogP contribution >= 0.6 is 11.3 Å². The summed E-state index contributed by atoms with van der Waals surface area (Å²) in [6.45, 7) is 2.71. The zero-order valence-electron chi connectivity index (χ0n) is 13.2. The van der Waals surface area contributed by atoms with Crippen LogP contribution in [-0.2, 0) is 11.2 Å². The maximum absolute atomic E-state index is 12.1. The average molecular weight is 346 g/mol. The van der Waals surface area contributed by atoms with E-state index in [2.05, 4.69) is 15.5 Å². The summed E-state index contributed by atoms with van der Waals surface area (Å²) >= 11 is 1.33.